The standard InChI is InChI=1S/C50H29NOS2/c1-3-12-35-30(9-1)11-7-15-36(35)32-19-22-33(23-20-32)51(34-24-26-39-38-14-5-6-18-44(38)53-46(39)29-34)42-17-8-16-41-48-45(54-50(41)42)28-27-43-47(48)40-25-21-31-10-2-4-13-37(31)49(40)52-43/h1-29H. The molecule has 0 atom stereocenters. The lowest BCUT2D eigenvalue weighted by atomic mass is 9.98. The van der Waals surface area contributed by atoms with Crippen LogP contribution >= 0.6 is 22.7 Å². The fourth-order valence-electron chi connectivity index (χ4n) is 8.59. The zero-order chi connectivity index (χ0) is 35.3. The maximum absolute atomic E-state index is 6.64. The average Bonchev–Trinajstić information content (AvgIpc) is 3.92. The molecule has 3 aromatic heterocycles. The molecule has 0 saturated carbocycles. The summed E-state index contributed by atoms with van der Waals surface area (Å²) in [7, 11) is 0. The lowest BCUT2D eigenvalue weighted by molar-refractivity contribution is 0.673. The molecule has 9 aromatic carbocycles. The van der Waals surface area contributed by atoms with E-state index in [1.807, 2.05) is 22.7 Å². The van der Waals surface area contributed by atoms with Crippen LogP contribution in [0.5, 0.6) is 0 Å². The molecular weight excluding hydrogens is 695 g/mol. The third kappa shape index (κ3) is 4.38. The van der Waals surface area contributed by atoms with Crippen molar-refractivity contribution in [2.45, 2.75) is 0 Å². The molecule has 0 unspecified atom stereocenters. The largest absolute Gasteiger partial charge is 0.455 e. The van der Waals surface area contributed by atoms with E-state index in [2.05, 4.69) is 181 Å². The van der Waals surface area contributed by atoms with Crippen LogP contribution in [0.2, 0.25) is 0 Å². The van der Waals surface area contributed by atoms with Crippen LogP contribution in [0, 0.1) is 0 Å². The molecule has 0 aliphatic heterocycles. The summed E-state index contributed by atoms with van der Waals surface area (Å²) in [6.07, 6.45) is 0. The van der Waals surface area contributed by atoms with E-state index in [0.717, 1.165) is 33.3 Å². The van der Waals surface area contributed by atoms with Gasteiger partial charge >= 0.3 is 0 Å². The lowest BCUT2D eigenvalue weighted by Crippen LogP contribution is -2.10. The van der Waals surface area contributed by atoms with E-state index < -0.39 is 0 Å². The van der Waals surface area contributed by atoms with E-state index in [1.54, 1.807) is 0 Å². The van der Waals surface area contributed by atoms with Gasteiger partial charge in [0.05, 0.1) is 10.4 Å². The van der Waals surface area contributed by atoms with Gasteiger partial charge in [-0.3, -0.25) is 0 Å². The van der Waals surface area contributed by atoms with Crippen molar-refractivity contribution in [3.8, 4) is 11.1 Å². The second kappa shape index (κ2) is 11.5. The van der Waals surface area contributed by atoms with E-state index in [0.29, 0.717) is 0 Å². The fraction of sp³-hybridized carbons (Fsp3) is 0. The van der Waals surface area contributed by atoms with E-state index in [9.17, 15) is 0 Å². The van der Waals surface area contributed by atoms with Crippen molar-refractivity contribution < 1.29 is 4.42 Å². The minimum Gasteiger partial charge on any atom is -0.455 e. The van der Waals surface area contributed by atoms with Crippen molar-refractivity contribution in [2.75, 3.05) is 4.90 Å². The Labute approximate surface area is 318 Å². The van der Waals surface area contributed by atoms with Crippen molar-refractivity contribution >= 4 is 124 Å². The highest BCUT2D eigenvalue weighted by atomic mass is 32.1. The number of nitrogens with zero attached hydrogens (tertiary/aromatic N) is 1. The van der Waals surface area contributed by atoms with Gasteiger partial charge in [-0.15, -0.1) is 22.7 Å². The molecule has 0 aliphatic carbocycles. The summed E-state index contributed by atoms with van der Waals surface area (Å²) >= 11 is 3.73. The Bertz CT molecular complexity index is 3450. The smallest absolute Gasteiger partial charge is 0.143 e. The van der Waals surface area contributed by atoms with Crippen molar-refractivity contribution in [2.24, 2.45) is 0 Å². The Morgan fingerprint density at radius 1 is 0.407 bits per heavy atom. The summed E-state index contributed by atoms with van der Waals surface area (Å²) in [6.45, 7) is 0. The Morgan fingerprint density at radius 2 is 1.09 bits per heavy atom. The molecule has 252 valence electrons. The summed E-state index contributed by atoms with van der Waals surface area (Å²) in [5.74, 6) is 0. The van der Waals surface area contributed by atoms with Crippen LogP contribution in [0.25, 0.3) is 95.0 Å². The van der Waals surface area contributed by atoms with Gasteiger partial charge in [0.1, 0.15) is 11.2 Å². The second-order valence-electron chi connectivity index (χ2n) is 14.0. The number of hydrogen-bond acceptors (Lipinski definition) is 4. The zero-order valence-electron chi connectivity index (χ0n) is 28.9. The zero-order valence-corrected chi connectivity index (χ0v) is 30.5. The molecule has 0 spiro atoms. The summed E-state index contributed by atoms with van der Waals surface area (Å²) in [4.78, 5) is 2.45. The van der Waals surface area contributed by atoms with Gasteiger partial charge in [-0.25, -0.2) is 0 Å². The maximum atomic E-state index is 6.64. The van der Waals surface area contributed by atoms with Gasteiger partial charge in [-0.2, -0.15) is 0 Å². The van der Waals surface area contributed by atoms with Crippen LogP contribution in [0.3, 0.4) is 0 Å². The van der Waals surface area contributed by atoms with Gasteiger partial charge in [0.2, 0.25) is 0 Å². The molecular formula is C50H29NOS2. The van der Waals surface area contributed by atoms with Crippen LogP contribution in [-0.4, -0.2) is 0 Å². The number of rotatable bonds is 4. The normalized spacial score (nSPS) is 12.1. The van der Waals surface area contributed by atoms with E-state index in [1.165, 1.54) is 78.7 Å². The quantitative estimate of drug-likeness (QED) is 0.180. The number of fused-ring (bicyclic) bond motifs is 13. The monoisotopic (exact) mass is 723 g/mol. The number of thiophene rings is 2. The third-order valence-corrected chi connectivity index (χ3v) is 13.4. The molecule has 0 aliphatic rings. The molecule has 2 nitrogen and oxygen atoms in total. The molecule has 4 heteroatoms. The molecule has 0 N–H and O–H groups in total. The SMILES string of the molecule is c1ccc2c(-c3ccc(N(c4ccc5c(c4)sc4ccccc45)c4cccc5c4sc4ccc6oc7c8ccccc8ccc7c6c45)cc3)cccc2c1. The van der Waals surface area contributed by atoms with Gasteiger partial charge in [-0.05, 0) is 81.9 Å². The maximum Gasteiger partial charge on any atom is 0.143 e. The summed E-state index contributed by atoms with van der Waals surface area (Å²) < 4.78 is 11.8. The van der Waals surface area contributed by atoms with Crippen LogP contribution in [0.15, 0.2) is 180 Å². The van der Waals surface area contributed by atoms with E-state index >= 15 is 0 Å². The van der Waals surface area contributed by atoms with Gasteiger partial charge in [0.25, 0.3) is 0 Å². The van der Waals surface area contributed by atoms with Gasteiger partial charge < -0.3 is 9.32 Å². The van der Waals surface area contributed by atoms with Gasteiger partial charge in [0.15, 0.2) is 0 Å². The molecule has 3 heterocycles. The van der Waals surface area contributed by atoms with E-state index in [-0.39, 0.29) is 0 Å². The first-order valence-corrected chi connectivity index (χ1v) is 19.9. The minimum atomic E-state index is 0.926. The highest BCUT2D eigenvalue weighted by Gasteiger charge is 2.22. The Hall–Kier alpha value is -6.46. The topological polar surface area (TPSA) is 16.4 Å². The number of benzene rings is 9. The molecule has 12 rings (SSSR count). The highest BCUT2D eigenvalue weighted by Crippen LogP contribution is 2.49. The molecule has 0 radical (unpaired) electrons. The Balaban J connectivity index is 1.10. The Kier molecular flexibility index (Phi) is 6.41. The van der Waals surface area contributed by atoms with Crippen molar-refractivity contribution in [3.05, 3.63) is 176 Å². The predicted octanol–water partition coefficient (Wildman–Crippen LogP) is 15.8. The highest BCUT2D eigenvalue weighted by molar-refractivity contribution is 7.26. The van der Waals surface area contributed by atoms with Crippen molar-refractivity contribution in [3.63, 3.8) is 0 Å². The fourth-order valence-corrected chi connectivity index (χ4v) is 10.9. The molecule has 0 amide bonds. The molecule has 0 saturated heterocycles. The van der Waals surface area contributed by atoms with E-state index in [4.69, 9.17) is 4.42 Å². The van der Waals surface area contributed by atoms with Crippen LogP contribution in [-0.2, 0) is 0 Å². The summed E-state index contributed by atoms with van der Waals surface area (Å²) in [5, 5.41) is 12.3. The van der Waals surface area contributed by atoms with Crippen LogP contribution in [0.1, 0.15) is 0 Å². The van der Waals surface area contributed by atoms with Crippen molar-refractivity contribution in [1.29, 1.82) is 0 Å². The number of anilines is 3. The summed E-state index contributed by atoms with van der Waals surface area (Å²) in [5.41, 5.74) is 7.76. The molecule has 54 heavy (non-hydrogen) atoms. The molecule has 0 bridgehead atoms. The number of furan rings is 1. The van der Waals surface area contributed by atoms with Crippen molar-refractivity contribution in [1.82, 2.24) is 0 Å². The average molecular weight is 724 g/mol. The Morgan fingerprint density at radius 3 is 1.98 bits per heavy atom. The lowest BCUT2D eigenvalue weighted by Gasteiger charge is -2.26. The molecule has 0 fully saturated rings. The van der Waals surface area contributed by atoms with Crippen LogP contribution in [0.4, 0.5) is 17.1 Å². The van der Waals surface area contributed by atoms with Gasteiger partial charge in [-0.1, -0.05) is 121 Å². The minimum absolute atomic E-state index is 0.926. The summed E-state index contributed by atoms with van der Waals surface area (Å²) in [6, 6.07) is 64.2. The van der Waals surface area contributed by atoms with Gasteiger partial charge in [0, 0.05) is 63.2 Å². The molecule has 12 aromatic rings. The first-order valence-electron chi connectivity index (χ1n) is 18.2. The number of hydrogen-bond donors (Lipinski definition) is 0. The third-order valence-electron chi connectivity index (χ3n) is 11.1. The predicted molar refractivity (Wildman–Crippen MR) is 235 cm³/mol. The first kappa shape index (κ1) is 30.0. The second-order valence-corrected chi connectivity index (χ2v) is 16.2. The van der Waals surface area contributed by atoms with Crippen LogP contribution < -0.4 is 4.90 Å². The first-order chi connectivity index (χ1) is 26.8.